The molecule has 2 heterocycles. The summed E-state index contributed by atoms with van der Waals surface area (Å²) in [5.41, 5.74) is 7.99. The molecule has 0 radical (unpaired) electrons. The molecule has 17 heavy (non-hydrogen) atoms. The van der Waals surface area contributed by atoms with Crippen molar-refractivity contribution in [3.05, 3.63) is 51.3 Å². The van der Waals surface area contributed by atoms with E-state index < -0.39 is 0 Å². The number of anilines is 1. The summed E-state index contributed by atoms with van der Waals surface area (Å²) >= 11 is 5.31. The first-order valence-electron chi connectivity index (χ1n) is 5.31. The number of nitrogens with zero attached hydrogens (tertiary/aromatic N) is 1. The van der Waals surface area contributed by atoms with Crippen molar-refractivity contribution in [2.24, 2.45) is 0 Å². The van der Waals surface area contributed by atoms with E-state index >= 15 is 0 Å². The van der Waals surface area contributed by atoms with Crippen LogP contribution in [0.2, 0.25) is 0 Å². The van der Waals surface area contributed by atoms with Gasteiger partial charge in [-0.1, -0.05) is 12.1 Å². The van der Waals surface area contributed by atoms with Crippen LogP contribution < -0.4 is 5.73 Å². The quantitative estimate of drug-likeness (QED) is 0.710. The van der Waals surface area contributed by atoms with Crippen molar-refractivity contribution in [2.75, 3.05) is 5.73 Å². The Kier molecular flexibility index (Phi) is 2.68. The zero-order valence-corrected chi connectivity index (χ0v) is 11.5. The number of aromatic nitrogens is 1. The van der Waals surface area contributed by atoms with Gasteiger partial charge in [0.1, 0.15) is 0 Å². The average molecular weight is 307 g/mol. The number of nitrogen functional groups attached to an aromatic ring is 1. The van der Waals surface area contributed by atoms with Gasteiger partial charge in [0.15, 0.2) is 0 Å². The topological polar surface area (TPSA) is 30.9 Å². The molecule has 4 heteroatoms. The van der Waals surface area contributed by atoms with Crippen LogP contribution in [0.1, 0.15) is 4.88 Å². The molecule has 0 saturated heterocycles. The normalized spacial score (nSPS) is 11.1. The summed E-state index contributed by atoms with van der Waals surface area (Å²) in [5.74, 6) is 0. The molecule has 0 aliphatic carbocycles. The minimum atomic E-state index is 0.833. The highest BCUT2D eigenvalue weighted by atomic mass is 79.9. The molecule has 0 bridgehead atoms. The SMILES string of the molecule is Nc1cccc2ccn(Cc3sccc3Br)c12. The summed E-state index contributed by atoms with van der Waals surface area (Å²) in [4.78, 5) is 1.31. The Bertz CT molecular complexity index is 669. The van der Waals surface area contributed by atoms with Crippen LogP contribution in [0.25, 0.3) is 10.9 Å². The third-order valence-electron chi connectivity index (χ3n) is 2.82. The highest BCUT2D eigenvalue weighted by molar-refractivity contribution is 9.10. The van der Waals surface area contributed by atoms with Gasteiger partial charge in [0, 0.05) is 20.9 Å². The Morgan fingerprint density at radius 1 is 1.24 bits per heavy atom. The number of halogens is 1. The highest BCUT2D eigenvalue weighted by Gasteiger charge is 2.07. The van der Waals surface area contributed by atoms with Crippen molar-refractivity contribution in [3.63, 3.8) is 0 Å². The Morgan fingerprint density at radius 2 is 2.12 bits per heavy atom. The van der Waals surface area contributed by atoms with Crippen LogP contribution >= 0.6 is 27.3 Å². The van der Waals surface area contributed by atoms with Crippen molar-refractivity contribution in [2.45, 2.75) is 6.54 Å². The molecule has 0 aliphatic rings. The van der Waals surface area contributed by atoms with Crippen LogP contribution in [0.5, 0.6) is 0 Å². The molecule has 3 aromatic rings. The second-order valence-corrected chi connectivity index (χ2v) is 5.78. The van der Waals surface area contributed by atoms with E-state index in [0.717, 1.165) is 17.7 Å². The Hall–Kier alpha value is -1.26. The molecule has 2 nitrogen and oxygen atoms in total. The molecule has 0 fully saturated rings. The van der Waals surface area contributed by atoms with E-state index in [2.05, 4.69) is 50.3 Å². The van der Waals surface area contributed by atoms with Crippen molar-refractivity contribution >= 4 is 43.9 Å². The van der Waals surface area contributed by atoms with Gasteiger partial charge in [-0.05, 0) is 39.5 Å². The van der Waals surface area contributed by atoms with Gasteiger partial charge < -0.3 is 10.3 Å². The van der Waals surface area contributed by atoms with Crippen LogP contribution in [0.4, 0.5) is 5.69 Å². The van der Waals surface area contributed by atoms with Crippen LogP contribution in [-0.4, -0.2) is 4.57 Å². The fourth-order valence-electron chi connectivity index (χ4n) is 2.02. The van der Waals surface area contributed by atoms with Crippen LogP contribution in [0.15, 0.2) is 46.4 Å². The summed E-state index contributed by atoms with van der Waals surface area (Å²) in [5, 5.41) is 3.28. The molecular weight excluding hydrogens is 296 g/mol. The standard InChI is InChI=1S/C13H11BrN2S/c14-10-5-7-17-12(10)8-16-6-4-9-2-1-3-11(15)13(9)16/h1-7H,8,15H2. The maximum Gasteiger partial charge on any atom is 0.0717 e. The Labute approximate surface area is 112 Å². The molecule has 0 unspecified atom stereocenters. The predicted molar refractivity (Wildman–Crippen MR) is 77.5 cm³/mol. The second-order valence-electron chi connectivity index (χ2n) is 3.92. The van der Waals surface area contributed by atoms with Gasteiger partial charge >= 0.3 is 0 Å². The monoisotopic (exact) mass is 306 g/mol. The van der Waals surface area contributed by atoms with Crippen LogP contribution in [0, 0.1) is 0 Å². The Balaban J connectivity index is 2.10. The number of rotatable bonds is 2. The summed E-state index contributed by atoms with van der Waals surface area (Å²) in [7, 11) is 0. The average Bonchev–Trinajstić information content (AvgIpc) is 2.89. The van der Waals surface area contributed by atoms with E-state index in [1.807, 2.05) is 12.1 Å². The first kappa shape index (κ1) is 10.9. The summed E-state index contributed by atoms with van der Waals surface area (Å²) in [6, 6.07) is 10.2. The fraction of sp³-hybridized carbons (Fsp3) is 0.0769. The Morgan fingerprint density at radius 3 is 2.88 bits per heavy atom. The van der Waals surface area contributed by atoms with Gasteiger partial charge in [-0.25, -0.2) is 0 Å². The highest BCUT2D eigenvalue weighted by Crippen LogP contribution is 2.27. The van der Waals surface area contributed by atoms with Crippen molar-refractivity contribution < 1.29 is 0 Å². The number of hydrogen-bond donors (Lipinski definition) is 1. The molecule has 2 N–H and O–H groups in total. The molecule has 1 aromatic carbocycles. The molecular formula is C13H11BrN2S. The van der Waals surface area contributed by atoms with Gasteiger partial charge in [-0.3, -0.25) is 0 Å². The van der Waals surface area contributed by atoms with Crippen LogP contribution in [-0.2, 0) is 6.54 Å². The van der Waals surface area contributed by atoms with E-state index in [1.54, 1.807) is 11.3 Å². The van der Waals surface area contributed by atoms with Crippen molar-refractivity contribution in [1.82, 2.24) is 4.57 Å². The minimum Gasteiger partial charge on any atom is -0.397 e. The lowest BCUT2D eigenvalue weighted by molar-refractivity contribution is 0.849. The molecule has 0 saturated carbocycles. The molecule has 0 atom stereocenters. The maximum absolute atomic E-state index is 6.04. The summed E-state index contributed by atoms with van der Waals surface area (Å²) in [6.07, 6.45) is 2.09. The molecule has 0 aliphatic heterocycles. The zero-order chi connectivity index (χ0) is 11.8. The van der Waals surface area contributed by atoms with E-state index in [1.165, 1.54) is 14.7 Å². The third-order valence-corrected chi connectivity index (χ3v) is 4.74. The number of nitrogens with two attached hydrogens (primary N) is 1. The molecule has 0 spiro atoms. The van der Waals surface area contributed by atoms with Gasteiger partial charge in [0.25, 0.3) is 0 Å². The van der Waals surface area contributed by atoms with Gasteiger partial charge in [0.05, 0.1) is 17.7 Å². The van der Waals surface area contributed by atoms with Crippen molar-refractivity contribution in [1.29, 1.82) is 0 Å². The molecule has 2 aromatic heterocycles. The van der Waals surface area contributed by atoms with Gasteiger partial charge in [0.2, 0.25) is 0 Å². The van der Waals surface area contributed by atoms with E-state index in [9.17, 15) is 0 Å². The van der Waals surface area contributed by atoms with Crippen molar-refractivity contribution in [3.8, 4) is 0 Å². The number of hydrogen-bond acceptors (Lipinski definition) is 2. The number of fused-ring (bicyclic) bond motifs is 1. The lowest BCUT2D eigenvalue weighted by Gasteiger charge is -2.06. The maximum atomic E-state index is 6.04. The zero-order valence-electron chi connectivity index (χ0n) is 9.06. The third kappa shape index (κ3) is 1.87. The minimum absolute atomic E-state index is 0.833. The molecule has 3 rings (SSSR count). The number of benzene rings is 1. The number of thiophene rings is 1. The van der Waals surface area contributed by atoms with E-state index in [4.69, 9.17) is 5.73 Å². The van der Waals surface area contributed by atoms with E-state index in [0.29, 0.717) is 0 Å². The smallest absolute Gasteiger partial charge is 0.0717 e. The summed E-state index contributed by atoms with van der Waals surface area (Å²) < 4.78 is 3.36. The summed E-state index contributed by atoms with van der Waals surface area (Å²) in [6.45, 7) is 0.857. The van der Waals surface area contributed by atoms with Gasteiger partial charge in [-0.2, -0.15) is 0 Å². The fourth-order valence-corrected chi connectivity index (χ4v) is 3.49. The number of para-hydroxylation sites is 1. The van der Waals surface area contributed by atoms with E-state index in [-0.39, 0.29) is 0 Å². The van der Waals surface area contributed by atoms with Crippen LogP contribution in [0.3, 0.4) is 0 Å². The van der Waals surface area contributed by atoms with Gasteiger partial charge in [-0.15, -0.1) is 11.3 Å². The molecule has 86 valence electrons. The first-order chi connectivity index (χ1) is 8.25. The lowest BCUT2D eigenvalue weighted by atomic mass is 10.2. The lowest BCUT2D eigenvalue weighted by Crippen LogP contribution is -1.99. The molecule has 0 amide bonds. The predicted octanol–water partition coefficient (Wildman–Crippen LogP) is 4.10. The second kappa shape index (κ2) is 4.20. The largest absolute Gasteiger partial charge is 0.397 e. The first-order valence-corrected chi connectivity index (χ1v) is 6.98.